The lowest BCUT2D eigenvalue weighted by atomic mass is 10.0. The zero-order chi connectivity index (χ0) is 13.6. The van der Waals surface area contributed by atoms with Crippen molar-refractivity contribution in [2.75, 3.05) is 0 Å². The summed E-state index contributed by atoms with van der Waals surface area (Å²) in [6.07, 6.45) is 2.26. The monoisotopic (exact) mass is 274 g/mol. The largest absolute Gasteiger partial charge is 0.0776 e. The summed E-state index contributed by atoms with van der Waals surface area (Å²) in [5.41, 5.74) is 2.83. The molecule has 0 heterocycles. The van der Waals surface area contributed by atoms with Crippen LogP contribution in [0.4, 0.5) is 0 Å². The summed E-state index contributed by atoms with van der Waals surface area (Å²) < 4.78 is 0. The zero-order valence-corrected chi connectivity index (χ0v) is 12.2. The first-order valence-electron chi connectivity index (χ1n) is 7.03. The van der Waals surface area contributed by atoms with E-state index in [4.69, 9.17) is 0 Å². The van der Waals surface area contributed by atoms with Crippen LogP contribution < -0.4 is 0 Å². The SMILES string of the molecule is C.C.CC.CC.c1ccc(CCc2ccccc2)cc1. The third kappa shape index (κ3) is 10.4. The van der Waals surface area contributed by atoms with Crippen LogP contribution in [-0.2, 0) is 12.8 Å². The molecule has 0 nitrogen and oxygen atoms in total. The van der Waals surface area contributed by atoms with Crippen LogP contribution in [0.2, 0.25) is 0 Å². The van der Waals surface area contributed by atoms with E-state index in [2.05, 4.69) is 60.7 Å². The molecule has 0 saturated carbocycles. The van der Waals surface area contributed by atoms with E-state index in [0.717, 1.165) is 12.8 Å². The van der Waals surface area contributed by atoms with Crippen molar-refractivity contribution in [1.29, 1.82) is 0 Å². The molecule has 0 spiro atoms. The highest BCUT2D eigenvalue weighted by molar-refractivity contribution is 5.19. The van der Waals surface area contributed by atoms with Crippen molar-refractivity contribution in [2.24, 2.45) is 0 Å². The van der Waals surface area contributed by atoms with Gasteiger partial charge < -0.3 is 0 Å². The molecule has 0 heteroatoms. The Balaban J connectivity index is -0.000000444. The molecule has 2 aromatic carbocycles. The summed E-state index contributed by atoms with van der Waals surface area (Å²) in [4.78, 5) is 0. The van der Waals surface area contributed by atoms with Gasteiger partial charge in [-0.05, 0) is 24.0 Å². The Kier molecular flexibility index (Phi) is 20.5. The van der Waals surface area contributed by atoms with Gasteiger partial charge in [0, 0.05) is 0 Å². The maximum atomic E-state index is 2.18. The molecule has 0 amide bonds. The maximum absolute atomic E-state index is 2.18. The fourth-order valence-electron chi connectivity index (χ4n) is 1.58. The lowest BCUT2D eigenvalue weighted by Gasteiger charge is -2.01. The molecule has 114 valence electrons. The van der Waals surface area contributed by atoms with Gasteiger partial charge in [-0.3, -0.25) is 0 Å². The molecular formula is C20H34. The smallest absolute Gasteiger partial charge is 0.0238 e. The van der Waals surface area contributed by atoms with Crippen molar-refractivity contribution >= 4 is 0 Å². The molecule has 0 radical (unpaired) electrons. The van der Waals surface area contributed by atoms with Gasteiger partial charge in [0.1, 0.15) is 0 Å². The molecule has 0 bridgehead atoms. The molecule has 0 aliphatic carbocycles. The molecule has 0 N–H and O–H groups in total. The molecular weight excluding hydrogens is 240 g/mol. The van der Waals surface area contributed by atoms with Crippen LogP contribution >= 0.6 is 0 Å². The highest BCUT2D eigenvalue weighted by Crippen LogP contribution is 2.06. The Bertz CT molecular complexity index is 322. The summed E-state index contributed by atoms with van der Waals surface area (Å²) in [6, 6.07) is 21.2. The van der Waals surface area contributed by atoms with Gasteiger partial charge in [-0.1, -0.05) is 103 Å². The molecule has 2 aromatic rings. The average molecular weight is 274 g/mol. The quantitative estimate of drug-likeness (QED) is 0.577. The summed E-state index contributed by atoms with van der Waals surface area (Å²) in [7, 11) is 0. The van der Waals surface area contributed by atoms with E-state index in [0.29, 0.717) is 0 Å². The first-order chi connectivity index (χ1) is 8.95. The Labute approximate surface area is 127 Å². The third-order valence-corrected chi connectivity index (χ3v) is 2.39. The van der Waals surface area contributed by atoms with E-state index >= 15 is 0 Å². The average Bonchev–Trinajstić information content (AvgIpc) is 2.51. The van der Waals surface area contributed by atoms with Crippen molar-refractivity contribution in [3.8, 4) is 0 Å². The van der Waals surface area contributed by atoms with E-state index in [1.165, 1.54) is 11.1 Å². The van der Waals surface area contributed by atoms with Gasteiger partial charge in [-0.2, -0.15) is 0 Å². The van der Waals surface area contributed by atoms with Gasteiger partial charge in [-0.25, -0.2) is 0 Å². The Hall–Kier alpha value is -1.56. The molecule has 0 saturated heterocycles. The molecule has 0 fully saturated rings. The second kappa shape index (κ2) is 17.4. The van der Waals surface area contributed by atoms with Crippen molar-refractivity contribution in [3.05, 3.63) is 71.8 Å². The van der Waals surface area contributed by atoms with Crippen LogP contribution in [0.15, 0.2) is 60.7 Å². The minimum atomic E-state index is 0. The zero-order valence-electron chi connectivity index (χ0n) is 12.2. The summed E-state index contributed by atoms with van der Waals surface area (Å²) in [6.45, 7) is 8.00. The van der Waals surface area contributed by atoms with Gasteiger partial charge >= 0.3 is 0 Å². The van der Waals surface area contributed by atoms with E-state index in [1.54, 1.807) is 0 Å². The highest BCUT2D eigenvalue weighted by atomic mass is 14.0. The van der Waals surface area contributed by atoms with Gasteiger partial charge in [0.25, 0.3) is 0 Å². The number of benzene rings is 2. The Morgan fingerprint density at radius 3 is 1.00 bits per heavy atom. The van der Waals surface area contributed by atoms with E-state index < -0.39 is 0 Å². The first-order valence-corrected chi connectivity index (χ1v) is 7.03. The van der Waals surface area contributed by atoms with Crippen LogP contribution in [0, 0.1) is 0 Å². The van der Waals surface area contributed by atoms with Gasteiger partial charge in [0.15, 0.2) is 0 Å². The van der Waals surface area contributed by atoms with Gasteiger partial charge in [0.2, 0.25) is 0 Å². The molecule has 0 aliphatic heterocycles. The maximum Gasteiger partial charge on any atom is -0.0238 e. The fourth-order valence-corrected chi connectivity index (χ4v) is 1.58. The van der Waals surface area contributed by atoms with Crippen molar-refractivity contribution in [2.45, 2.75) is 55.4 Å². The molecule has 0 atom stereocenters. The predicted molar refractivity (Wildman–Crippen MR) is 96.5 cm³/mol. The first kappa shape index (κ1) is 23.5. The van der Waals surface area contributed by atoms with E-state index in [9.17, 15) is 0 Å². The number of hydrogen-bond donors (Lipinski definition) is 0. The van der Waals surface area contributed by atoms with E-state index in [-0.39, 0.29) is 14.9 Å². The minimum Gasteiger partial charge on any atom is -0.0776 e. The van der Waals surface area contributed by atoms with Crippen LogP contribution in [0.5, 0.6) is 0 Å². The standard InChI is InChI=1S/C14H14.2C2H6.2CH4/c1-3-7-13(8-4-1)11-12-14-9-5-2-6-10-14;2*1-2;;/h1-10H,11-12H2;2*1-2H3;2*1H4. The molecule has 2 rings (SSSR count). The molecule has 0 aliphatic rings. The van der Waals surface area contributed by atoms with Crippen LogP contribution in [0.25, 0.3) is 0 Å². The summed E-state index contributed by atoms with van der Waals surface area (Å²) in [5.74, 6) is 0. The van der Waals surface area contributed by atoms with Crippen molar-refractivity contribution in [1.82, 2.24) is 0 Å². The van der Waals surface area contributed by atoms with Crippen LogP contribution in [0.3, 0.4) is 0 Å². The number of aryl methyl sites for hydroxylation is 2. The lowest BCUT2D eigenvalue weighted by Crippen LogP contribution is -1.89. The Morgan fingerprint density at radius 1 is 0.500 bits per heavy atom. The topological polar surface area (TPSA) is 0 Å². The van der Waals surface area contributed by atoms with Crippen molar-refractivity contribution < 1.29 is 0 Å². The van der Waals surface area contributed by atoms with Gasteiger partial charge in [-0.15, -0.1) is 0 Å². The fraction of sp³-hybridized carbons (Fsp3) is 0.400. The van der Waals surface area contributed by atoms with Crippen LogP contribution in [0.1, 0.15) is 53.7 Å². The summed E-state index contributed by atoms with van der Waals surface area (Å²) >= 11 is 0. The molecule has 0 unspecified atom stereocenters. The molecule has 0 aromatic heterocycles. The lowest BCUT2D eigenvalue weighted by molar-refractivity contribution is 0.960. The molecule has 20 heavy (non-hydrogen) atoms. The van der Waals surface area contributed by atoms with Crippen molar-refractivity contribution in [3.63, 3.8) is 0 Å². The number of rotatable bonds is 3. The van der Waals surface area contributed by atoms with Gasteiger partial charge in [0.05, 0.1) is 0 Å². The highest BCUT2D eigenvalue weighted by Gasteiger charge is 1.93. The number of hydrogen-bond acceptors (Lipinski definition) is 0. The normalized spacial score (nSPS) is 7.60. The second-order valence-electron chi connectivity index (χ2n) is 3.47. The predicted octanol–water partition coefficient (Wildman–Crippen LogP) is 6.80. The summed E-state index contributed by atoms with van der Waals surface area (Å²) in [5, 5.41) is 0. The Morgan fingerprint density at radius 2 is 0.750 bits per heavy atom. The minimum absolute atomic E-state index is 0. The third-order valence-electron chi connectivity index (χ3n) is 2.39. The second-order valence-corrected chi connectivity index (χ2v) is 3.47. The van der Waals surface area contributed by atoms with Crippen LogP contribution in [-0.4, -0.2) is 0 Å². The van der Waals surface area contributed by atoms with E-state index in [1.807, 2.05) is 27.7 Å².